The van der Waals surface area contributed by atoms with Crippen molar-refractivity contribution in [1.82, 2.24) is 9.80 Å². The Labute approximate surface area is 152 Å². The molecule has 1 aliphatic heterocycles. The summed E-state index contributed by atoms with van der Waals surface area (Å²) < 4.78 is 13.2. The molecule has 0 unspecified atom stereocenters. The molecule has 1 N–H and O–H groups in total. The molecule has 6 heteroatoms. The van der Waals surface area contributed by atoms with Crippen molar-refractivity contribution in [2.75, 3.05) is 38.0 Å². The van der Waals surface area contributed by atoms with Crippen LogP contribution in [-0.2, 0) is 4.79 Å². The van der Waals surface area contributed by atoms with Gasteiger partial charge in [-0.1, -0.05) is 23.8 Å². The molecule has 5 nitrogen and oxygen atoms in total. The number of aryl methyl sites for hydroxylation is 1. The predicted molar refractivity (Wildman–Crippen MR) is 98.6 cm³/mol. The van der Waals surface area contributed by atoms with E-state index in [4.69, 9.17) is 0 Å². The molecule has 0 atom stereocenters. The van der Waals surface area contributed by atoms with Gasteiger partial charge in [-0.05, 0) is 37.3 Å². The van der Waals surface area contributed by atoms with E-state index in [1.54, 1.807) is 12.1 Å². The number of benzene rings is 2. The number of halogens is 1. The number of amides is 2. The van der Waals surface area contributed by atoms with E-state index in [1.165, 1.54) is 12.1 Å². The highest BCUT2D eigenvalue weighted by molar-refractivity contribution is 5.94. The molecule has 3 rings (SSSR count). The third kappa shape index (κ3) is 4.67. The Bertz CT molecular complexity index is 784. The van der Waals surface area contributed by atoms with Crippen LogP contribution in [0, 0.1) is 12.7 Å². The molecule has 0 saturated carbocycles. The van der Waals surface area contributed by atoms with Crippen molar-refractivity contribution in [2.24, 2.45) is 0 Å². The minimum atomic E-state index is -0.383. The lowest BCUT2D eigenvalue weighted by Crippen LogP contribution is -2.50. The lowest BCUT2D eigenvalue weighted by atomic mass is 10.1. The lowest BCUT2D eigenvalue weighted by Gasteiger charge is -2.34. The first-order valence-corrected chi connectivity index (χ1v) is 8.65. The van der Waals surface area contributed by atoms with Gasteiger partial charge < -0.3 is 10.2 Å². The summed E-state index contributed by atoms with van der Waals surface area (Å²) in [6.45, 7) is 4.65. The second kappa shape index (κ2) is 8.10. The zero-order valence-electron chi connectivity index (χ0n) is 14.7. The molecule has 0 spiro atoms. The first-order chi connectivity index (χ1) is 12.5. The summed E-state index contributed by atoms with van der Waals surface area (Å²) in [5, 5.41) is 2.69. The number of piperazine rings is 1. The third-order valence-corrected chi connectivity index (χ3v) is 4.43. The van der Waals surface area contributed by atoms with Crippen molar-refractivity contribution < 1.29 is 14.0 Å². The first kappa shape index (κ1) is 18.1. The Morgan fingerprint density at radius 1 is 1.04 bits per heavy atom. The van der Waals surface area contributed by atoms with Crippen LogP contribution in [0.4, 0.5) is 10.1 Å². The van der Waals surface area contributed by atoms with Gasteiger partial charge in [0.05, 0.1) is 6.54 Å². The van der Waals surface area contributed by atoms with Gasteiger partial charge in [-0.2, -0.15) is 0 Å². The van der Waals surface area contributed by atoms with E-state index in [2.05, 4.69) is 5.32 Å². The molecule has 136 valence electrons. The van der Waals surface area contributed by atoms with E-state index in [-0.39, 0.29) is 24.2 Å². The average Bonchev–Trinajstić information content (AvgIpc) is 2.62. The minimum absolute atomic E-state index is 0.0221. The molecule has 0 bridgehead atoms. The Morgan fingerprint density at radius 2 is 1.73 bits per heavy atom. The van der Waals surface area contributed by atoms with Gasteiger partial charge >= 0.3 is 0 Å². The molecule has 26 heavy (non-hydrogen) atoms. The van der Waals surface area contributed by atoms with Crippen LogP contribution in [0.2, 0.25) is 0 Å². The summed E-state index contributed by atoms with van der Waals surface area (Å²) in [5.41, 5.74) is 2.26. The normalized spacial score (nSPS) is 14.9. The van der Waals surface area contributed by atoms with E-state index in [0.29, 0.717) is 37.4 Å². The van der Waals surface area contributed by atoms with Crippen molar-refractivity contribution >= 4 is 17.5 Å². The maximum atomic E-state index is 13.2. The van der Waals surface area contributed by atoms with Gasteiger partial charge in [0.25, 0.3) is 5.91 Å². The fraction of sp³-hybridized carbons (Fsp3) is 0.300. The molecule has 0 radical (unpaired) electrons. The highest BCUT2D eigenvalue weighted by Crippen LogP contribution is 2.11. The van der Waals surface area contributed by atoms with Crippen molar-refractivity contribution in [1.29, 1.82) is 0 Å². The summed E-state index contributed by atoms with van der Waals surface area (Å²) in [6.07, 6.45) is 0. The van der Waals surface area contributed by atoms with Gasteiger partial charge in [0.15, 0.2) is 0 Å². The van der Waals surface area contributed by atoms with E-state index < -0.39 is 0 Å². The van der Waals surface area contributed by atoms with Crippen LogP contribution in [0.1, 0.15) is 15.9 Å². The standard InChI is InChI=1S/C20H22FN3O2/c1-15-5-7-16(8-6-15)20(26)24-11-9-23(10-12-24)14-19(25)22-18-4-2-3-17(21)13-18/h2-8,13H,9-12,14H2,1H3,(H,22,25). The molecule has 2 amide bonds. The topological polar surface area (TPSA) is 52.7 Å². The summed E-state index contributed by atoms with van der Waals surface area (Å²) >= 11 is 0. The van der Waals surface area contributed by atoms with Crippen LogP contribution in [0.3, 0.4) is 0 Å². The second-order valence-corrected chi connectivity index (χ2v) is 6.49. The van der Waals surface area contributed by atoms with Crippen LogP contribution >= 0.6 is 0 Å². The van der Waals surface area contributed by atoms with Crippen LogP contribution in [0.15, 0.2) is 48.5 Å². The third-order valence-electron chi connectivity index (χ3n) is 4.43. The molecule has 1 saturated heterocycles. The van der Waals surface area contributed by atoms with Crippen LogP contribution in [-0.4, -0.2) is 54.3 Å². The molecular weight excluding hydrogens is 333 g/mol. The number of carbonyl (C=O) groups excluding carboxylic acids is 2. The largest absolute Gasteiger partial charge is 0.336 e. The van der Waals surface area contributed by atoms with Crippen molar-refractivity contribution in [3.8, 4) is 0 Å². The summed E-state index contributed by atoms with van der Waals surface area (Å²) in [6, 6.07) is 13.4. The van der Waals surface area contributed by atoms with Gasteiger partial charge in [-0.3, -0.25) is 14.5 Å². The number of hydrogen-bond donors (Lipinski definition) is 1. The van der Waals surface area contributed by atoms with E-state index >= 15 is 0 Å². The summed E-state index contributed by atoms with van der Waals surface area (Å²) in [4.78, 5) is 28.4. The number of rotatable bonds is 4. The number of nitrogens with one attached hydrogen (secondary N) is 1. The Hall–Kier alpha value is -2.73. The van der Waals surface area contributed by atoms with Crippen molar-refractivity contribution in [3.63, 3.8) is 0 Å². The molecule has 0 aliphatic carbocycles. The number of carbonyl (C=O) groups is 2. The molecule has 2 aromatic rings. The van der Waals surface area contributed by atoms with Gasteiger partial charge in [-0.25, -0.2) is 4.39 Å². The van der Waals surface area contributed by atoms with E-state index in [0.717, 1.165) is 5.56 Å². The molecular formula is C20H22FN3O2. The smallest absolute Gasteiger partial charge is 0.253 e. The monoisotopic (exact) mass is 355 g/mol. The van der Waals surface area contributed by atoms with Gasteiger partial charge in [0, 0.05) is 37.4 Å². The maximum Gasteiger partial charge on any atom is 0.253 e. The average molecular weight is 355 g/mol. The number of hydrogen-bond acceptors (Lipinski definition) is 3. The molecule has 2 aromatic carbocycles. The predicted octanol–water partition coefficient (Wildman–Crippen LogP) is 2.53. The van der Waals surface area contributed by atoms with Gasteiger partial charge in [0.1, 0.15) is 5.82 Å². The Morgan fingerprint density at radius 3 is 2.38 bits per heavy atom. The molecule has 1 heterocycles. The first-order valence-electron chi connectivity index (χ1n) is 8.65. The summed E-state index contributed by atoms with van der Waals surface area (Å²) in [7, 11) is 0. The second-order valence-electron chi connectivity index (χ2n) is 6.49. The SMILES string of the molecule is Cc1ccc(C(=O)N2CCN(CC(=O)Nc3cccc(F)c3)CC2)cc1. The van der Waals surface area contributed by atoms with Crippen molar-refractivity contribution in [2.45, 2.75) is 6.92 Å². The highest BCUT2D eigenvalue weighted by Gasteiger charge is 2.23. The van der Waals surface area contributed by atoms with E-state index in [9.17, 15) is 14.0 Å². The summed E-state index contributed by atoms with van der Waals surface area (Å²) in [5.74, 6) is -0.547. The minimum Gasteiger partial charge on any atom is -0.336 e. The quantitative estimate of drug-likeness (QED) is 0.917. The Kier molecular flexibility index (Phi) is 5.63. The lowest BCUT2D eigenvalue weighted by molar-refractivity contribution is -0.117. The van der Waals surface area contributed by atoms with Gasteiger partial charge in [-0.15, -0.1) is 0 Å². The zero-order chi connectivity index (χ0) is 18.5. The highest BCUT2D eigenvalue weighted by atomic mass is 19.1. The van der Waals surface area contributed by atoms with Crippen LogP contribution in [0.25, 0.3) is 0 Å². The molecule has 1 aliphatic rings. The van der Waals surface area contributed by atoms with Crippen LogP contribution < -0.4 is 5.32 Å². The maximum absolute atomic E-state index is 13.2. The molecule has 0 aromatic heterocycles. The van der Waals surface area contributed by atoms with Gasteiger partial charge in [0.2, 0.25) is 5.91 Å². The zero-order valence-corrected chi connectivity index (χ0v) is 14.7. The fourth-order valence-corrected chi connectivity index (χ4v) is 2.96. The van der Waals surface area contributed by atoms with Crippen LogP contribution in [0.5, 0.6) is 0 Å². The van der Waals surface area contributed by atoms with E-state index in [1.807, 2.05) is 41.0 Å². The molecule has 1 fully saturated rings. The van der Waals surface area contributed by atoms with Crippen molar-refractivity contribution in [3.05, 3.63) is 65.5 Å². The fourth-order valence-electron chi connectivity index (χ4n) is 2.96. The Balaban J connectivity index is 1.48. The number of nitrogens with zero attached hydrogens (tertiary/aromatic N) is 2. The number of anilines is 1.